The van der Waals surface area contributed by atoms with Crippen molar-refractivity contribution in [3.8, 4) is 11.3 Å². The maximum absolute atomic E-state index is 12.3. The van der Waals surface area contributed by atoms with Gasteiger partial charge in [-0.15, -0.1) is 11.3 Å². The lowest BCUT2D eigenvalue weighted by Crippen LogP contribution is -2.17. The molecule has 3 aromatic rings. The summed E-state index contributed by atoms with van der Waals surface area (Å²) in [5.41, 5.74) is 7.64. The lowest BCUT2D eigenvalue weighted by molar-refractivity contribution is -0.116. The van der Waals surface area contributed by atoms with Gasteiger partial charge in [-0.2, -0.15) is 0 Å². The smallest absolute Gasteiger partial charge is 0.251 e. The maximum Gasteiger partial charge on any atom is 0.251 e. The number of furan rings is 1. The predicted molar refractivity (Wildman–Crippen MR) is 103 cm³/mol. The Morgan fingerprint density at radius 2 is 1.85 bits per heavy atom. The fourth-order valence-corrected chi connectivity index (χ4v) is 3.79. The van der Waals surface area contributed by atoms with Crippen LogP contribution in [0.2, 0.25) is 0 Å². The first kappa shape index (κ1) is 17.9. The topological polar surface area (TPSA) is 85.3 Å². The van der Waals surface area contributed by atoms with Crippen LogP contribution in [0.5, 0.6) is 0 Å². The van der Waals surface area contributed by atoms with Gasteiger partial charge in [0.2, 0.25) is 5.91 Å². The van der Waals surface area contributed by atoms with Gasteiger partial charge < -0.3 is 15.5 Å². The van der Waals surface area contributed by atoms with E-state index in [0.717, 1.165) is 27.5 Å². The zero-order valence-electron chi connectivity index (χ0n) is 14.7. The molecule has 0 spiro atoms. The first-order chi connectivity index (χ1) is 12.5. The lowest BCUT2D eigenvalue weighted by atomic mass is 10.1. The molecule has 0 aliphatic rings. The average Bonchev–Trinajstić information content (AvgIpc) is 3.19. The summed E-state index contributed by atoms with van der Waals surface area (Å²) in [7, 11) is 0. The molecule has 0 radical (unpaired) electrons. The molecule has 3 rings (SSSR count). The van der Waals surface area contributed by atoms with Crippen LogP contribution in [0.3, 0.4) is 0 Å². The molecule has 26 heavy (non-hydrogen) atoms. The summed E-state index contributed by atoms with van der Waals surface area (Å²) in [5, 5.41) is 3.32. The van der Waals surface area contributed by atoms with Crippen LogP contribution >= 0.6 is 11.3 Å². The molecule has 1 aromatic carbocycles. The van der Waals surface area contributed by atoms with Gasteiger partial charge in [-0.1, -0.05) is 30.3 Å². The second-order valence-corrected chi connectivity index (χ2v) is 7.26. The standard InChI is InChI=1S/C20H20N2O3S/c1-12-13(2)26-20(18(12)19(21)24)22-17(23)11-9-15-8-10-16(25-15)14-6-4-3-5-7-14/h3-8,10H,9,11H2,1-2H3,(H2,21,24)(H,22,23). The summed E-state index contributed by atoms with van der Waals surface area (Å²) in [6.07, 6.45) is 0.740. The Hall–Kier alpha value is -2.86. The Labute approximate surface area is 155 Å². The van der Waals surface area contributed by atoms with Gasteiger partial charge in [0.1, 0.15) is 16.5 Å². The molecule has 2 heterocycles. The number of hydrogen-bond acceptors (Lipinski definition) is 4. The molecule has 0 saturated heterocycles. The van der Waals surface area contributed by atoms with Crippen molar-refractivity contribution < 1.29 is 14.0 Å². The third-order valence-electron chi connectivity index (χ3n) is 4.20. The zero-order valence-corrected chi connectivity index (χ0v) is 15.5. The number of carbonyl (C=O) groups excluding carboxylic acids is 2. The quantitative estimate of drug-likeness (QED) is 0.680. The number of thiophene rings is 1. The molecule has 2 aromatic heterocycles. The normalized spacial score (nSPS) is 10.7. The highest BCUT2D eigenvalue weighted by molar-refractivity contribution is 7.16. The van der Waals surface area contributed by atoms with E-state index in [-0.39, 0.29) is 12.3 Å². The van der Waals surface area contributed by atoms with Crippen molar-refractivity contribution in [2.24, 2.45) is 5.73 Å². The molecule has 3 N–H and O–H groups in total. The fourth-order valence-electron chi connectivity index (χ4n) is 2.71. The van der Waals surface area contributed by atoms with Gasteiger partial charge in [0.15, 0.2) is 0 Å². The minimum absolute atomic E-state index is 0.175. The van der Waals surface area contributed by atoms with Crippen molar-refractivity contribution in [1.29, 1.82) is 0 Å². The van der Waals surface area contributed by atoms with Crippen molar-refractivity contribution in [3.63, 3.8) is 0 Å². The molecule has 134 valence electrons. The van der Waals surface area contributed by atoms with E-state index in [1.807, 2.05) is 56.3 Å². The summed E-state index contributed by atoms with van der Waals surface area (Å²) >= 11 is 1.36. The number of hydrogen-bond donors (Lipinski definition) is 2. The van der Waals surface area contributed by atoms with Gasteiger partial charge in [0.05, 0.1) is 5.56 Å². The second-order valence-electron chi connectivity index (χ2n) is 6.03. The van der Waals surface area contributed by atoms with Crippen LogP contribution in [0.4, 0.5) is 5.00 Å². The summed E-state index contributed by atoms with van der Waals surface area (Å²) in [6, 6.07) is 13.6. The molecule has 0 fully saturated rings. The number of nitrogens with one attached hydrogen (secondary N) is 1. The predicted octanol–water partition coefficient (Wildman–Crippen LogP) is 4.30. The van der Waals surface area contributed by atoms with Crippen LogP contribution in [0, 0.1) is 13.8 Å². The van der Waals surface area contributed by atoms with Gasteiger partial charge >= 0.3 is 0 Å². The van der Waals surface area contributed by atoms with E-state index in [2.05, 4.69) is 5.32 Å². The second kappa shape index (κ2) is 7.58. The van der Waals surface area contributed by atoms with E-state index in [1.54, 1.807) is 0 Å². The average molecular weight is 368 g/mol. The number of aryl methyl sites for hydroxylation is 2. The van der Waals surface area contributed by atoms with E-state index >= 15 is 0 Å². The Kier molecular flexibility index (Phi) is 5.23. The summed E-state index contributed by atoms with van der Waals surface area (Å²) in [4.78, 5) is 24.8. The van der Waals surface area contributed by atoms with Crippen molar-refractivity contribution in [1.82, 2.24) is 0 Å². The largest absolute Gasteiger partial charge is 0.461 e. The van der Waals surface area contributed by atoms with Gasteiger partial charge in [-0.3, -0.25) is 9.59 Å². The minimum atomic E-state index is -0.527. The van der Waals surface area contributed by atoms with Crippen LogP contribution in [0.1, 0.15) is 33.0 Å². The van der Waals surface area contributed by atoms with Crippen molar-refractivity contribution in [3.05, 3.63) is 64.2 Å². The Morgan fingerprint density at radius 1 is 1.12 bits per heavy atom. The highest BCUT2D eigenvalue weighted by Gasteiger charge is 2.19. The van der Waals surface area contributed by atoms with E-state index in [4.69, 9.17) is 10.2 Å². The Bertz CT molecular complexity index is 941. The number of carbonyl (C=O) groups is 2. The molecule has 6 heteroatoms. The molecule has 0 saturated carbocycles. The number of primary amides is 1. The third kappa shape index (κ3) is 3.86. The number of rotatable bonds is 6. The highest BCUT2D eigenvalue weighted by Crippen LogP contribution is 2.32. The first-order valence-electron chi connectivity index (χ1n) is 8.29. The van der Waals surface area contributed by atoms with Crippen LogP contribution in [-0.2, 0) is 11.2 Å². The van der Waals surface area contributed by atoms with Gasteiger partial charge in [0, 0.05) is 23.3 Å². The molecule has 0 atom stereocenters. The van der Waals surface area contributed by atoms with E-state index < -0.39 is 5.91 Å². The van der Waals surface area contributed by atoms with E-state index in [9.17, 15) is 9.59 Å². The Balaban J connectivity index is 1.63. The highest BCUT2D eigenvalue weighted by atomic mass is 32.1. The van der Waals surface area contributed by atoms with Crippen molar-refractivity contribution in [2.45, 2.75) is 26.7 Å². The number of amides is 2. The number of nitrogens with two attached hydrogens (primary N) is 1. The molecular formula is C20H20N2O3S. The van der Waals surface area contributed by atoms with Crippen LogP contribution in [0.15, 0.2) is 46.9 Å². The first-order valence-corrected chi connectivity index (χ1v) is 9.11. The lowest BCUT2D eigenvalue weighted by Gasteiger charge is -2.04. The van der Waals surface area contributed by atoms with Crippen LogP contribution in [-0.4, -0.2) is 11.8 Å². The zero-order chi connectivity index (χ0) is 18.7. The van der Waals surface area contributed by atoms with Crippen LogP contribution < -0.4 is 11.1 Å². The third-order valence-corrected chi connectivity index (χ3v) is 5.33. The van der Waals surface area contributed by atoms with Gasteiger partial charge in [0.25, 0.3) is 5.91 Å². The summed E-state index contributed by atoms with van der Waals surface area (Å²) in [5.74, 6) is 0.821. The van der Waals surface area contributed by atoms with Crippen molar-refractivity contribution >= 4 is 28.2 Å². The van der Waals surface area contributed by atoms with E-state index in [0.29, 0.717) is 17.0 Å². The molecule has 0 aliphatic carbocycles. The SMILES string of the molecule is Cc1sc(NC(=O)CCc2ccc(-c3ccccc3)o2)c(C(N)=O)c1C. The van der Waals surface area contributed by atoms with Gasteiger partial charge in [-0.05, 0) is 31.5 Å². The number of anilines is 1. The summed E-state index contributed by atoms with van der Waals surface area (Å²) < 4.78 is 5.80. The summed E-state index contributed by atoms with van der Waals surface area (Å²) in [6.45, 7) is 3.73. The fraction of sp³-hybridized carbons (Fsp3) is 0.200. The minimum Gasteiger partial charge on any atom is -0.461 e. The van der Waals surface area contributed by atoms with E-state index in [1.165, 1.54) is 11.3 Å². The molecule has 5 nitrogen and oxygen atoms in total. The van der Waals surface area contributed by atoms with Gasteiger partial charge in [-0.25, -0.2) is 0 Å². The molecule has 0 aliphatic heterocycles. The molecule has 0 bridgehead atoms. The number of benzene rings is 1. The molecule has 0 unspecified atom stereocenters. The monoisotopic (exact) mass is 368 g/mol. The Morgan fingerprint density at radius 3 is 2.54 bits per heavy atom. The molecular weight excluding hydrogens is 348 g/mol. The van der Waals surface area contributed by atoms with Crippen molar-refractivity contribution in [2.75, 3.05) is 5.32 Å². The van der Waals surface area contributed by atoms with Crippen LogP contribution in [0.25, 0.3) is 11.3 Å². The molecule has 2 amide bonds. The maximum atomic E-state index is 12.3.